The van der Waals surface area contributed by atoms with E-state index in [2.05, 4.69) is 4.98 Å². The third kappa shape index (κ3) is 2.09. The van der Waals surface area contributed by atoms with Gasteiger partial charge in [-0.1, -0.05) is 11.6 Å². The molecule has 0 fully saturated rings. The number of hydrogen-bond acceptors (Lipinski definition) is 3. The molecular formula is C9H7ClF2N2S. The van der Waals surface area contributed by atoms with Crippen LogP contribution in [-0.2, 0) is 0 Å². The minimum absolute atomic E-state index is 0.345. The Morgan fingerprint density at radius 3 is 2.80 bits per heavy atom. The minimum atomic E-state index is -2.56. The number of rotatable bonds is 2. The molecule has 80 valence electrons. The third-order valence-corrected chi connectivity index (χ3v) is 3.36. The number of halogens is 3. The minimum Gasteiger partial charge on any atom is -0.319 e. The molecule has 0 aliphatic rings. The van der Waals surface area contributed by atoms with E-state index in [1.54, 1.807) is 18.2 Å². The van der Waals surface area contributed by atoms with Gasteiger partial charge in [0.15, 0.2) is 0 Å². The Kier molecular flexibility index (Phi) is 2.86. The number of aromatic nitrogens is 1. The normalized spacial score (nSPS) is 13.7. The number of nitrogens with zero attached hydrogens (tertiary/aromatic N) is 1. The van der Waals surface area contributed by atoms with E-state index >= 15 is 0 Å². The molecule has 0 radical (unpaired) electrons. The molecule has 0 saturated heterocycles. The lowest BCUT2D eigenvalue weighted by molar-refractivity contribution is 0.118. The van der Waals surface area contributed by atoms with E-state index in [9.17, 15) is 8.78 Å². The van der Waals surface area contributed by atoms with Crippen molar-refractivity contribution >= 4 is 33.2 Å². The van der Waals surface area contributed by atoms with E-state index in [0.717, 1.165) is 4.70 Å². The Labute approximate surface area is 93.7 Å². The van der Waals surface area contributed by atoms with Crippen molar-refractivity contribution in [2.75, 3.05) is 0 Å². The largest absolute Gasteiger partial charge is 0.319 e. The highest BCUT2D eigenvalue weighted by molar-refractivity contribution is 7.19. The summed E-state index contributed by atoms with van der Waals surface area (Å²) in [5.74, 6) is 0. The van der Waals surface area contributed by atoms with Gasteiger partial charge in [-0.2, -0.15) is 0 Å². The maximum atomic E-state index is 12.4. The summed E-state index contributed by atoms with van der Waals surface area (Å²) in [4.78, 5) is 4.44. The summed E-state index contributed by atoms with van der Waals surface area (Å²) in [5.41, 5.74) is 5.95. The molecule has 1 unspecified atom stereocenters. The van der Waals surface area contributed by atoms with Crippen molar-refractivity contribution in [1.29, 1.82) is 0 Å². The van der Waals surface area contributed by atoms with E-state index in [0.29, 0.717) is 15.5 Å². The first kappa shape index (κ1) is 10.7. The van der Waals surface area contributed by atoms with Crippen LogP contribution in [0.4, 0.5) is 8.78 Å². The van der Waals surface area contributed by atoms with Crippen molar-refractivity contribution in [3.8, 4) is 0 Å². The molecule has 0 bridgehead atoms. The number of hydrogen-bond donors (Lipinski definition) is 1. The number of thiophene rings is 1. The quantitative estimate of drug-likeness (QED) is 0.829. The summed E-state index contributed by atoms with van der Waals surface area (Å²) < 4.78 is 25.5. The SMILES string of the molecule is NC(c1cc2nc(Cl)ccc2s1)C(F)F. The number of pyridine rings is 1. The Hall–Kier alpha value is -0.780. The second-order valence-electron chi connectivity index (χ2n) is 3.03. The Morgan fingerprint density at radius 2 is 2.13 bits per heavy atom. The Bertz CT molecular complexity index is 486. The van der Waals surface area contributed by atoms with Crippen LogP contribution >= 0.6 is 22.9 Å². The van der Waals surface area contributed by atoms with Crippen LogP contribution in [-0.4, -0.2) is 11.4 Å². The highest BCUT2D eigenvalue weighted by Gasteiger charge is 2.20. The predicted octanol–water partition coefficient (Wildman–Crippen LogP) is 3.21. The van der Waals surface area contributed by atoms with E-state index in [1.165, 1.54) is 11.3 Å². The fourth-order valence-corrected chi connectivity index (χ4v) is 2.37. The van der Waals surface area contributed by atoms with Gasteiger partial charge in [0.2, 0.25) is 0 Å². The molecule has 0 amide bonds. The molecule has 15 heavy (non-hydrogen) atoms. The van der Waals surface area contributed by atoms with Crippen molar-refractivity contribution in [3.63, 3.8) is 0 Å². The zero-order valence-electron chi connectivity index (χ0n) is 7.45. The first-order valence-electron chi connectivity index (χ1n) is 4.17. The second kappa shape index (κ2) is 4.00. The number of nitrogens with two attached hydrogens (primary N) is 1. The predicted molar refractivity (Wildman–Crippen MR) is 57.6 cm³/mol. The Morgan fingerprint density at radius 1 is 1.40 bits per heavy atom. The molecule has 0 saturated carbocycles. The average Bonchev–Trinajstić information content (AvgIpc) is 2.58. The first-order chi connectivity index (χ1) is 7.08. The van der Waals surface area contributed by atoms with Gasteiger partial charge in [0.25, 0.3) is 6.43 Å². The molecule has 0 aliphatic carbocycles. The van der Waals surface area contributed by atoms with Gasteiger partial charge >= 0.3 is 0 Å². The van der Waals surface area contributed by atoms with Crippen molar-refractivity contribution in [1.82, 2.24) is 4.98 Å². The molecular weight excluding hydrogens is 242 g/mol. The van der Waals surface area contributed by atoms with E-state index < -0.39 is 12.5 Å². The summed E-state index contributed by atoms with van der Waals surface area (Å²) >= 11 is 6.90. The lowest BCUT2D eigenvalue weighted by Crippen LogP contribution is -2.17. The van der Waals surface area contributed by atoms with E-state index in [-0.39, 0.29) is 0 Å². The van der Waals surface area contributed by atoms with Crippen LogP contribution in [0, 0.1) is 0 Å². The lowest BCUT2D eigenvalue weighted by atomic mass is 10.2. The zero-order valence-corrected chi connectivity index (χ0v) is 9.03. The van der Waals surface area contributed by atoms with Crippen molar-refractivity contribution in [2.45, 2.75) is 12.5 Å². The smallest absolute Gasteiger partial charge is 0.258 e. The first-order valence-corrected chi connectivity index (χ1v) is 5.37. The van der Waals surface area contributed by atoms with Gasteiger partial charge in [-0.3, -0.25) is 0 Å². The molecule has 2 nitrogen and oxygen atoms in total. The van der Waals surface area contributed by atoms with Gasteiger partial charge in [-0.05, 0) is 18.2 Å². The maximum Gasteiger partial charge on any atom is 0.258 e. The van der Waals surface area contributed by atoms with Gasteiger partial charge in [0.05, 0.1) is 10.2 Å². The second-order valence-corrected chi connectivity index (χ2v) is 4.53. The van der Waals surface area contributed by atoms with Crippen molar-refractivity contribution in [2.24, 2.45) is 5.73 Å². The molecule has 0 aromatic carbocycles. The van der Waals surface area contributed by atoms with Gasteiger partial charge in [-0.25, -0.2) is 13.8 Å². The molecule has 2 rings (SSSR count). The molecule has 0 aliphatic heterocycles. The maximum absolute atomic E-state index is 12.4. The van der Waals surface area contributed by atoms with Crippen LogP contribution in [0.15, 0.2) is 18.2 Å². The van der Waals surface area contributed by atoms with E-state index in [1.807, 2.05) is 0 Å². The summed E-state index contributed by atoms with van der Waals surface area (Å²) in [6, 6.07) is 3.68. The summed E-state index contributed by atoms with van der Waals surface area (Å²) in [7, 11) is 0. The standard InChI is InChI=1S/C9H7ClF2N2S/c10-7-2-1-5-4(14-7)3-6(15-5)8(13)9(11)12/h1-3,8-9H,13H2. The van der Waals surface area contributed by atoms with E-state index in [4.69, 9.17) is 17.3 Å². The molecule has 2 aromatic heterocycles. The summed E-state index contributed by atoms with van der Waals surface area (Å²) in [5, 5.41) is 0.345. The molecule has 1 atom stereocenters. The fourth-order valence-electron chi connectivity index (χ4n) is 1.21. The van der Waals surface area contributed by atoms with Crippen LogP contribution in [0.25, 0.3) is 10.2 Å². The summed E-state index contributed by atoms with van der Waals surface area (Å²) in [6.45, 7) is 0. The van der Waals surface area contributed by atoms with Crippen molar-refractivity contribution in [3.05, 3.63) is 28.2 Å². The molecule has 2 heterocycles. The number of fused-ring (bicyclic) bond motifs is 1. The van der Waals surface area contributed by atoms with Crippen molar-refractivity contribution < 1.29 is 8.78 Å². The van der Waals surface area contributed by atoms with Crippen LogP contribution < -0.4 is 5.73 Å². The van der Waals surface area contributed by atoms with Gasteiger partial charge < -0.3 is 5.73 Å². The van der Waals surface area contributed by atoms with Crippen LogP contribution in [0.1, 0.15) is 10.9 Å². The molecule has 6 heteroatoms. The van der Waals surface area contributed by atoms with Crippen LogP contribution in [0.5, 0.6) is 0 Å². The van der Waals surface area contributed by atoms with Gasteiger partial charge in [0, 0.05) is 4.88 Å². The lowest BCUT2D eigenvalue weighted by Gasteiger charge is -2.05. The molecule has 2 aromatic rings. The fraction of sp³-hybridized carbons (Fsp3) is 0.222. The number of alkyl halides is 2. The van der Waals surface area contributed by atoms with Crippen LogP contribution in [0.2, 0.25) is 5.15 Å². The molecule has 2 N–H and O–H groups in total. The highest BCUT2D eigenvalue weighted by atomic mass is 35.5. The van der Waals surface area contributed by atoms with Gasteiger partial charge in [-0.15, -0.1) is 11.3 Å². The average molecular weight is 249 g/mol. The molecule has 0 spiro atoms. The monoisotopic (exact) mass is 248 g/mol. The van der Waals surface area contributed by atoms with Crippen LogP contribution in [0.3, 0.4) is 0 Å². The third-order valence-electron chi connectivity index (χ3n) is 1.96. The topological polar surface area (TPSA) is 38.9 Å². The zero-order chi connectivity index (χ0) is 11.0. The highest BCUT2D eigenvalue weighted by Crippen LogP contribution is 2.31. The Balaban J connectivity index is 2.47. The summed E-state index contributed by atoms with van der Waals surface area (Å²) in [6.07, 6.45) is -2.56. The van der Waals surface area contributed by atoms with Gasteiger partial charge in [0.1, 0.15) is 11.2 Å².